The molecule has 0 radical (unpaired) electrons. The number of imidazole rings is 1. The van der Waals surface area contributed by atoms with Crippen molar-refractivity contribution < 1.29 is 24.4 Å². The average molecular weight is 460 g/mol. The fourth-order valence-electron chi connectivity index (χ4n) is 4.01. The normalized spacial score (nSPS) is 29.4. The summed E-state index contributed by atoms with van der Waals surface area (Å²) in [5.74, 6) is 0.249. The molecule has 0 spiro atoms. The molecule has 5 atom stereocenters. The van der Waals surface area contributed by atoms with Crippen molar-refractivity contribution in [2.24, 2.45) is 4.99 Å². The van der Waals surface area contributed by atoms with Gasteiger partial charge in [0.25, 0.3) is 0 Å². The van der Waals surface area contributed by atoms with E-state index in [0.29, 0.717) is 40.4 Å². The molecule has 3 aromatic rings. The smallest absolute Gasteiger partial charge is 0.183 e. The average Bonchev–Trinajstić information content (AvgIpc) is 3.47. The highest BCUT2D eigenvalue weighted by Crippen LogP contribution is 2.35. The highest BCUT2D eigenvalue weighted by atomic mass is 32.2. The zero-order valence-corrected chi connectivity index (χ0v) is 17.8. The Morgan fingerprint density at radius 3 is 2.78 bits per heavy atom. The van der Waals surface area contributed by atoms with E-state index in [9.17, 15) is 19.7 Å². The number of nitrogens with zero attached hydrogens (tertiary/aromatic N) is 5. The molecule has 3 N–H and O–H groups in total. The van der Waals surface area contributed by atoms with Crippen LogP contribution in [0.25, 0.3) is 11.2 Å². The standard InChI is InChI=1S/C21H22FN5O4S/c22-11-4-1-2-7-15(11)32-8-14-17(29)18(30)21(31-14)27-10-25-16-19(23-9-24-20(16)27)26-12-5-3-6-13(12)28/h1-2,4,7,9-10,13-14,17-18,21,28-30H,3,5-6,8H2/t13-,14-,17-,18-,21-/m1/s1. The van der Waals surface area contributed by atoms with E-state index in [2.05, 4.69) is 19.9 Å². The van der Waals surface area contributed by atoms with Gasteiger partial charge in [-0.3, -0.25) is 4.57 Å². The van der Waals surface area contributed by atoms with E-state index in [4.69, 9.17) is 4.74 Å². The molecule has 0 bridgehead atoms. The van der Waals surface area contributed by atoms with Gasteiger partial charge in [0.15, 0.2) is 23.2 Å². The van der Waals surface area contributed by atoms with Gasteiger partial charge in [-0.05, 0) is 31.4 Å². The number of hydrogen-bond donors (Lipinski definition) is 3. The minimum atomic E-state index is -1.22. The monoisotopic (exact) mass is 459 g/mol. The molecule has 32 heavy (non-hydrogen) atoms. The van der Waals surface area contributed by atoms with Crippen LogP contribution in [0.4, 0.5) is 10.2 Å². The quantitative estimate of drug-likeness (QED) is 0.495. The van der Waals surface area contributed by atoms with Crippen LogP contribution in [0.5, 0.6) is 0 Å². The van der Waals surface area contributed by atoms with Crippen molar-refractivity contribution in [1.29, 1.82) is 0 Å². The van der Waals surface area contributed by atoms with Crippen molar-refractivity contribution in [2.45, 2.75) is 54.8 Å². The minimum absolute atomic E-state index is 0.258. The second-order valence-corrected chi connectivity index (χ2v) is 8.88. The Morgan fingerprint density at radius 1 is 1.16 bits per heavy atom. The number of thioether (sulfide) groups is 1. The molecule has 11 heteroatoms. The van der Waals surface area contributed by atoms with E-state index in [1.165, 1.54) is 35.0 Å². The molecule has 1 saturated heterocycles. The fraction of sp³-hybridized carbons (Fsp3) is 0.429. The molecular formula is C21H22FN5O4S. The summed E-state index contributed by atoms with van der Waals surface area (Å²) in [6.07, 6.45) is 0.442. The number of aromatic nitrogens is 4. The molecule has 1 aliphatic heterocycles. The Bertz CT molecular complexity index is 1160. The molecule has 2 fully saturated rings. The third-order valence-corrected chi connectivity index (χ3v) is 6.87. The van der Waals surface area contributed by atoms with Crippen LogP contribution in [0, 0.1) is 5.82 Å². The van der Waals surface area contributed by atoms with Crippen LogP contribution in [0.3, 0.4) is 0 Å². The zero-order chi connectivity index (χ0) is 22.2. The first kappa shape index (κ1) is 21.4. The molecule has 1 aliphatic carbocycles. The topological polar surface area (TPSA) is 126 Å². The fourth-order valence-corrected chi connectivity index (χ4v) is 5.01. The SMILES string of the molecule is O[C@@H]1[C@H](O)[C@@H](CSc2ccccc2F)O[C@H]1n1cnc2c(N=C3CCC[C@H]3O)ncnc21. The highest BCUT2D eigenvalue weighted by molar-refractivity contribution is 7.99. The van der Waals surface area contributed by atoms with Crippen molar-refractivity contribution in [3.05, 3.63) is 42.7 Å². The van der Waals surface area contributed by atoms with Gasteiger partial charge in [0, 0.05) is 16.4 Å². The van der Waals surface area contributed by atoms with Gasteiger partial charge in [0.2, 0.25) is 0 Å². The Morgan fingerprint density at radius 2 is 2.00 bits per heavy atom. The maximum Gasteiger partial charge on any atom is 0.183 e. The number of aliphatic imine (C=N–C) groups is 1. The van der Waals surface area contributed by atoms with E-state index < -0.39 is 30.6 Å². The number of hydrogen-bond acceptors (Lipinski definition) is 9. The largest absolute Gasteiger partial charge is 0.387 e. The van der Waals surface area contributed by atoms with Crippen LogP contribution < -0.4 is 0 Å². The van der Waals surface area contributed by atoms with Crippen LogP contribution in [-0.2, 0) is 4.74 Å². The number of aliphatic hydroxyl groups excluding tert-OH is 3. The summed E-state index contributed by atoms with van der Waals surface area (Å²) >= 11 is 1.21. The highest BCUT2D eigenvalue weighted by Gasteiger charge is 2.44. The van der Waals surface area contributed by atoms with E-state index in [-0.39, 0.29) is 11.6 Å². The lowest BCUT2D eigenvalue weighted by Gasteiger charge is -2.16. The van der Waals surface area contributed by atoms with Gasteiger partial charge in [0.1, 0.15) is 24.4 Å². The van der Waals surface area contributed by atoms with E-state index in [1.807, 2.05) is 0 Å². The summed E-state index contributed by atoms with van der Waals surface area (Å²) in [7, 11) is 0. The van der Waals surface area contributed by atoms with Crippen molar-refractivity contribution in [2.75, 3.05) is 5.75 Å². The van der Waals surface area contributed by atoms with Gasteiger partial charge in [0.05, 0.1) is 18.5 Å². The molecule has 1 saturated carbocycles. The van der Waals surface area contributed by atoms with Gasteiger partial charge < -0.3 is 20.1 Å². The lowest BCUT2D eigenvalue weighted by molar-refractivity contribution is -0.0289. The lowest BCUT2D eigenvalue weighted by Crippen LogP contribution is -2.32. The molecule has 2 aliphatic rings. The number of benzene rings is 1. The second kappa shape index (κ2) is 8.83. The van der Waals surface area contributed by atoms with Crippen molar-refractivity contribution in [3.8, 4) is 0 Å². The number of aliphatic hydroxyl groups is 3. The van der Waals surface area contributed by atoms with Gasteiger partial charge in [-0.1, -0.05) is 12.1 Å². The van der Waals surface area contributed by atoms with Gasteiger partial charge in [-0.15, -0.1) is 11.8 Å². The Hall–Kier alpha value is -2.44. The maximum absolute atomic E-state index is 13.9. The van der Waals surface area contributed by atoms with Crippen LogP contribution in [0.15, 0.2) is 46.8 Å². The summed E-state index contributed by atoms with van der Waals surface area (Å²) in [4.78, 5) is 17.7. The first-order chi connectivity index (χ1) is 15.5. The van der Waals surface area contributed by atoms with Crippen LogP contribution in [0.1, 0.15) is 25.5 Å². The number of fused-ring (bicyclic) bond motifs is 1. The van der Waals surface area contributed by atoms with E-state index in [1.54, 1.807) is 18.2 Å². The van der Waals surface area contributed by atoms with Crippen molar-refractivity contribution in [3.63, 3.8) is 0 Å². The Balaban J connectivity index is 1.38. The summed E-state index contributed by atoms with van der Waals surface area (Å²) in [5.41, 5.74) is 1.47. The molecular weight excluding hydrogens is 437 g/mol. The van der Waals surface area contributed by atoms with Crippen molar-refractivity contribution in [1.82, 2.24) is 19.5 Å². The van der Waals surface area contributed by atoms with E-state index in [0.717, 1.165) is 6.42 Å². The third-order valence-electron chi connectivity index (χ3n) is 5.74. The molecule has 5 rings (SSSR count). The predicted octanol–water partition coefficient (Wildman–Crippen LogP) is 1.99. The number of halogens is 1. The predicted molar refractivity (Wildman–Crippen MR) is 115 cm³/mol. The summed E-state index contributed by atoms with van der Waals surface area (Å²) < 4.78 is 21.4. The van der Waals surface area contributed by atoms with Crippen LogP contribution >= 0.6 is 11.8 Å². The Labute approximate surface area is 187 Å². The van der Waals surface area contributed by atoms with Gasteiger partial charge in [-0.25, -0.2) is 24.3 Å². The van der Waals surface area contributed by atoms with Crippen LogP contribution in [-0.4, -0.2) is 70.7 Å². The molecule has 2 aromatic heterocycles. The number of ether oxygens (including phenoxy) is 1. The maximum atomic E-state index is 13.9. The zero-order valence-electron chi connectivity index (χ0n) is 17.0. The van der Waals surface area contributed by atoms with Gasteiger partial charge in [-0.2, -0.15) is 0 Å². The molecule has 9 nitrogen and oxygen atoms in total. The molecule has 168 valence electrons. The molecule has 0 unspecified atom stereocenters. The minimum Gasteiger partial charge on any atom is -0.387 e. The molecule has 0 amide bonds. The Kier molecular flexibility index (Phi) is 5.91. The lowest BCUT2D eigenvalue weighted by atomic mass is 10.1. The summed E-state index contributed by atoms with van der Waals surface area (Å²) in [6, 6.07) is 6.37. The second-order valence-electron chi connectivity index (χ2n) is 7.82. The van der Waals surface area contributed by atoms with E-state index >= 15 is 0 Å². The third kappa shape index (κ3) is 3.90. The summed E-state index contributed by atoms with van der Waals surface area (Å²) in [6.45, 7) is 0. The molecule has 1 aromatic carbocycles. The van der Waals surface area contributed by atoms with Crippen LogP contribution in [0.2, 0.25) is 0 Å². The number of rotatable bonds is 5. The first-order valence-corrected chi connectivity index (χ1v) is 11.3. The first-order valence-electron chi connectivity index (χ1n) is 10.3. The van der Waals surface area contributed by atoms with Crippen molar-refractivity contribution >= 4 is 34.5 Å². The summed E-state index contributed by atoms with van der Waals surface area (Å²) in [5, 5.41) is 31.2. The molecule has 3 heterocycles. The van der Waals surface area contributed by atoms with Gasteiger partial charge >= 0.3 is 0 Å².